The Hall–Kier alpha value is -1.84. The number of alkyl halides is 3. The molecule has 1 fully saturated rings. The maximum absolute atomic E-state index is 13.0. The minimum Gasteiger partial charge on any atom is -0.368 e. The molecule has 5 nitrogen and oxygen atoms in total. The standard InChI is InChI=1S/C18H19ClF3N3O2S/c1-17(2)12-24(14-5-3-13(19)4-6-14)9-10-25(17)28(26,27)15-7-8-16(23-11-15)18(20,21)22/h3-8,11H,9-10,12H2,1-2H3. The zero-order valence-electron chi connectivity index (χ0n) is 15.2. The van der Waals surface area contributed by atoms with Crippen LogP contribution in [0.4, 0.5) is 18.9 Å². The third kappa shape index (κ3) is 4.11. The lowest BCUT2D eigenvalue weighted by molar-refractivity contribution is -0.141. The van der Waals surface area contributed by atoms with Gasteiger partial charge in [0.05, 0.1) is 0 Å². The first-order chi connectivity index (χ1) is 12.9. The van der Waals surface area contributed by atoms with E-state index in [0.717, 1.165) is 18.0 Å². The van der Waals surface area contributed by atoms with Crippen LogP contribution in [0.1, 0.15) is 19.5 Å². The summed E-state index contributed by atoms with van der Waals surface area (Å²) in [6.45, 7) is 4.62. The van der Waals surface area contributed by atoms with Crippen molar-refractivity contribution in [3.8, 4) is 0 Å². The zero-order valence-corrected chi connectivity index (χ0v) is 16.8. The number of pyridine rings is 1. The molecule has 0 saturated carbocycles. The fraction of sp³-hybridized carbons (Fsp3) is 0.389. The van der Waals surface area contributed by atoms with Crippen LogP contribution in [0.5, 0.6) is 0 Å². The van der Waals surface area contributed by atoms with Crippen LogP contribution in [0.15, 0.2) is 47.5 Å². The van der Waals surface area contributed by atoms with Crippen LogP contribution in [-0.4, -0.2) is 42.9 Å². The second-order valence-corrected chi connectivity index (χ2v) is 9.46. The van der Waals surface area contributed by atoms with E-state index in [1.807, 2.05) is 17.0 Å². The van der Waals surface area contributed by atoms with Crippen molar-refractivity contribution in [2.24, 2.45) is 0 Å². The van der Waals surface area contributed by atoms with Gasteiger partial charge in [-0.15, -0.1) is 0 Å². The van der Waals surface area contributed by atoms with Crippen LogP contribution < -0.4 is 4.90 Å². The van der Waals surface area contributed by atoms with Crippen molar-refractivity contribution in [2.45, 2.75) is 30.5 Å². The second-order valence-electron chi connectivity index (χ2n) is 7.16. The van der Waals surface area contributed by atoms with E-state index >= 15 is 0 Å². The number of benzene rings is 1. The highest BCUT2D eigenvalue weighted by Gasteiger charge is 2.42. The lowest BCUT2D eigenvalue weighted by Gasteiger charge is -2.46. The first-order valence-corrected chi connectivity index (χ1v) is 10.3. The quantitative estimate of drug-likeness (QED) is 0.733. The lowest BCUT2D eigenvalue weighted by atomic mass is 10.0. The SMILES string of the molecule is CC1(C)CN(c2ccc(Cl)cc2)CCN1S(=O)(=O)c1ccc(C(F)(F)F)nc1. The molecule has 1 aliphatic rings. The molecule has 0 atom stereocenters. The molecule has 3 rings (SSSR count). The summed E-state index contributed by atoms with van der Waals surface area (Å²) in [4.78, 5) is 5.07. The molecule has 0 bridgehead atoms. The Balaban J connectivity index is 1.84. The molecule has 0 amide bonds. The number of piperazine rings is 1. The number of aromatic nitrogens is 1. The molecule has 2 aromatic rings. The van der Waals surface area contributed by atoms with E-state index in [4.69, 9.17) is 11.6 Å². The van der Waals surface area contributed by atoms with Gasteiger partial charge in [0.15, 0.2) is 0 Å². The fourth-order valence-electron chi connectivity index (χ4n) is 3.28. The Morgan fingerprint density at radius 3 is 2.21 bits per heavy atom. The largest absolute Gasteiger partial charge is 0.433 e. The van der Waals surface area contributed by atoms with Crippen LogP contribution in [0.25, 0.3) is 0 Å². The molecule has 1 saturated heterocycles. The minimum absolute atomic E-state index is 0.193. The van der Waals surface area contributed by atoms with Crippen molar-refractivity contribution in [1.29, 1.82) is 0 Å². The van der Waals surface area contributed by atoms with Crippen molar-refractivity contribution in [3.63, 3.8) is 0 Å². The molecule has 10 heteroatoms. The summed E-state index contributed by atoms with van der Waals surface area (Å²) in [5, 5.41) is 0.610. The number of halogens is 4. The maximum atomic E-state index is 13.0. The molecule has 28 heavy (non-hydrogen) atoms. The summed E-state index contributed by atoms with van der Waals surface area (Å²) >= 11 is 5.91. The van der Waals surface area contributed by atoms with Crippen molar-refractivity contribution in [2.75, 3.05) is 24.5 Å². The summed E-state index contributed by atoms with van der Waals surface area (Å²) in [6.07, 6.45) is -3.86. The van der Waals surface area contributed by atoms with E-state index in [2.05, 4.69) is 4.98 Å². The second kappa shape index (κ2) is 7.20. The van der Waals surface area contributed by atoms with Gasteiger partial charge >= 0.3 is 6.18 Å². The van der Waals surface area contributed by atoms with E-state index in [1.165, 1.54) is 4.31 Å². The summed E-state index contributed by atoms with van der Waals surface area (Å²) in [5.41, 5.74) is -0.983. The predicted molar refractivity (Wildman–Crippen MR) is 101 cm³/mol. The van der Waals surface area contributed by atoms with Gasteiger partial charge in [-0.1, -0.05) is 11.6 Å². The molecular weight excluding hydrogens is 415 g/mol. The molecule has 0 aliphatic carbocycles. The third-order valence-electron chi connectivity index (χ3n) is 4.63. The monoisotopic (exact) mass is 433 g/mol. The topological polar surface area (TPSA) is 53.5 Å². The minimum atomic E-state index is -4.62. The predicted octanol–water partition coefficient (Wildman–Crippen LogP) is 4.04. The van der Waals surface area contributed by atoms with Crippen molar-refractivity contribution in [1.82, 2.24) is 9.29 Å². The van der Waals surface area contributed by atoms with Gasteiger partial charge in [0, 0.05) is 42.1 Å². The van der Waals surface area contributed by atoms with Crippen molar-refractivity contribution in [3.05, 3.63) is 53.3 Å². The van der Waals surface area contributed by atoms with Crippen molar-refractivity contribution < 1.29 is 21.6 Å². The molecule has 1 aromatic carbocycles. The van der Waals surface area contributed by atoms with Crippen LogP contribution >= 0.6 is 11.6 Å². The molecule has 152 valence electrons. The Morgan fingerprint density at radius 1 is 1.07 bits per heavy atom. The first-order valence-electron chi connectivity index (χ1n) is 8.48. The van der Waals surface area contributed by atoms with E-state index in [9.17, 15) is 21.6 Å². The van der Waals surface area contributed by atoms with E-state index in [-0.39, 0.29) is 11.4 Å². The van der Waals surface area contributed by atoms with Crippen LogP contribution in [0.2, 0.25) is 5.02 Å². The Kier molecular flexibility index (Phi) is 5.37. The van der Waals surface area contributed by atoms with Gasteiger partial charge in [-0.05, 0) is 50.2 Å². The molecule has 1 aromatic heterocycles. The number of hydrogen-bond donors (Lipinski definition) is 0. The van der Waals surface area contributed by atoms with Gasteiger partial charge in [0.1, 0.15) is 10.6 Å². The molecule has 0 spiro atoms. The van der Waals surface area contributed by atoms with Gasteiger partial charge in [0.25, 0.3) is 0 Å². The number of anilines is 1. The van der Waals surface area contributed by atoms with Crippen molar-refractivity contribution >= 4 is 27.3 Å². The summed E-state index contributed by atoms with van der Waals surface area (Å²) in [5.74, 6) is 0. The summed E-state index contributed by atoms with van der Waals surface area (Å²) < 4.78 is 65.4. The Morgan fingerprint density at radius 2 is 1.71 bits per heavy atom. The highest BCUT2D eigenvalue weighted by molar-refractivity contribution is 7.89. The highest BCUT2D eigenvalue weighted by Crippen LogP contribution is 2.32. The lowest BCUT2D eigenvalue weighted by Crippen LogP contribution is -2.61. The molecule has 1 aliphatic heterocycles. The van der Waals surface area contributed by atoms with Gasteiger partial charge in [0.2, 0.25) is 10.0 Å². The number of rotatable bonds is 3. The van der Waals surface area contributed by atoms with E-state index in [1.54, 1.807) is 26.0 Å². The van der Waals surface area contributed by atoms with Crippen LogP contribution in [0, 0.1) is 0 Å². The van der Waals surface area contributed by atoms with Crippen LogP contribution in [0.3, 0.4) is 0 Å². The average Bonchev–Trinajstić information content (AvgIpc) is 2.60. The zero-order chi connectivity index (χ0) is 20.7. The van der Waals surface area contributed by atoms with Gasteiger partial charge in [-0.2, -0.15) is 17.5 Å². The third-order valence-corrected chi connectivity index (χ3v) is 6.98. The Bertz CT molecular complexity index is 946. The Labute approximate surface area is 166 Å². The smallest absolute Gasteiger partial charge is 0.368 e. The fourth-order valence-corrected chi connectivity index (χ4v) is 5.12. The summed E-state index contributed by atoms with van der Waals surface area (Å²) in [7, 11) is -3.99. The van der Waals surface area contributed by atoms with Crippen LogP contribution in [-0.2, 0) is 16.2 Å². The van der Waals surface area contributed by atoms with Gasteiger partial charge in [-0.25, -0.2) is 8.42 Å². The van der Waals surface area contributed by atoms with E-state index < -0.39 is 27.4 Å². The molecule has 0 unspecified atom stereocenters. The molecule has 0 N–H and O–H groups in total. The first kappa shape index (κ1) is 20.9. The van der Waals surface area contributed by atoms with Gasteiger partial charge in [-0.3, -0.25) is 4.98 Å². The maximum Gasteiger partial charge on any atom is 0.433 e. The van der Waals surface area contributed by atoms with Gasteiger partial charge < -0.3 is 4.90 Å². The normalized spacial score (nSPS) is 18.3. The molecular formula is C18H19ClF3N3O2S. The number of hydrogen-bond acceptors (Lipinski definition) is 4. The summed E-state index contributed by atoms with van der Waals surface area (Å²) in [6, 6.07) is 8.89. The molecule has 0 radical (unpaired) electrons. The number of sulfonamides is 1. The highest BCUT2D eigenvalue weighted by atomic mass is 35.5. The number of nitrogens with zero attached hydrogens (tertiary/aromatic N) is 3. The van der Waals surface area contributed by atoms with E-state index in [0.29, 0.717) is 24.2 Å². The molecule has 2 heterocycles. The average molecular weight is 434 g/mol.